The lowest BCUT2D eigenvalue weighted by Crippen LogP contribution is -2.06. The number of halogens is 1. The Balaban J connectivity index is 2.75. The van der Waals surface area contributed by atoms with Crippen LogP contribution in [0.5, 0.6) is 0 Å². The molecule has 0 unspecified atom stereocenters. The van der Waals surface area contributed by atoms with Crippen LogP contribution in [0, 0.1) is 0 Å². The average molecular weight is 156 g/mol. The van der Waals surface area contributed by atoms with Gasteiger partial charge in [0.1, 0.15) is 0 Å². The molecular formula is C8H10ClN. The van der Waals surface area contributed by atoms with Gasteiger partial charge in [-0.25, -0.2) is 0 Å². The van der Waals surface area contributed by atoms with Gasteiger partial charge in [0.05, 0.1) is 5.38 Å². The van der Waals surface area contributed by atoms with E-state index in [0.717, 1.165) is 5.56 Å². The van der Waals surface area contributed by atoms with E-state index < -0.39 is 0 Å². The van der Waals surface area contributed by atoms with Gasteiger partial charge in [-0.15, -0.1) is 11.6 Å². The molecule has 54 valence electrons. The van der Waals surface area contributed by atoms with Crippen LogP contribution in [-0.2, 0) is 0 Å². The first-order valence-corrected chi connectivity index (χ1v) is 3.67. The van der Waals surface area contributed by atoms with E-state index in [4.69, 9.17) is 17.3 Å². The first kappa shape index (κ1) is 7.58. The third-order valence-corrected chi connectivity index (χ3v) is 1.80. The van der Waals surface area contributed by atoms with Gasteiger partial charge < -0.3 is 5.73 Å². The van der Waals surface area contributed by atoms with Gasteiger partial charge in [0.15, 0.2) is 0 Å². The van der Waals surface area contributed by atoms with Crippen molar-refractivity contribution in [1.82, 2.24) is 0 Å². The predicted molar refractivity (Wildman–Crippen MR) is 44.1 cm³/mol. The highest BCUT2D eigenvalue weighted by molar-refractivity contribution is 6.20. The van der Waals surface area contributed by atoms with Gasteiger partial charge in [-0.2, -0.15) is 0 Å². The van der Waals surface area contributed by atoms with Crippen LogP contribution < -0.4 is 5.73 Å². The van der Waals surface area contributed by atoms with Gasteiger partial charge in [-0.1, -0.05) is 30.3 Å². The summed E-state index contributed by atoms with van der Waals surface area (Å²) < 4.78 is 0. The predicted octanol–water partition coefficient (Wildman–Crippen LogP) is 1.93. The summed E-state index contributed by atoms with van der Waals surface area (Å²) in [6, 6.07) is 9.83. The molecule has 0 aliphatic carbocycles. The summed E-state index contributed by atoms with van der Waals surface area (Å²) in [7, 11) is 0. The first-order chi connectivity index (χ1) is 4.84. The molecule has 0 fully saturated rings. The molecule has 0 saturated heterocycles. The molecule has 1 aromatic rings. The highest BCUT2D eigenvalue weighted by Gasteiger charge is 2.01. The highest BCUT2D eigenvalue weighted by atomic mass is 35.5. The van der Waals surface area contributed by atoms with Crippen molar-refractivity contribution in [3.05, 3.63) is 35.9 Å². The molecule has 1 nitrogen and oxygen atoms in total. The third kappa shape index (κ3) is 1.72. The van der Waals surface area contributed by atoms with Crippen LogP contribution in [0.3, 0.4) is 0 Å². The largest absolute Gasteiger partial charge is 0.329 e. The van der Waals surface area contributed by atoms with Crippen molar-refractivity contribution in [2.75, 3.05) is 6.54 Å². The van der Waals surface area contributed by atoms with Crippen LogP contribution in [0.25, 0.3) is 0 Å². The second kappa shape index (κ2) is 3.59. The van der Waals surface area contributed by atoms with Gasteiger partial charge in [-0.05, 0) is 5.56 Å². The van der Waals surface area contributed by atoms with E-state index in [-0.39, 0.29) is 5.38 Å². The lowest BCUT2D eigenvalue weighted by molar-refractivity contribution is 0.930. The zero-order chi connectivity index (χ0) is 7.40. The van der Waals surface area contributed by atoms with Crippen molar-refractivity contribution < 1.29 is 0 Å². The zero-order valence-electron chi connectivity index (χ0n) is 5.63. The molecule has 0 heterocycles. The molecule has 0 aliphatic heterocycles. The van der Waals surface area contributed by atoms with Gasteiger partial charge in [-0.3, -0.25) is 0 Å². The van der Waals surface area contributed by atoms with Crippen LogP contribution in [0.1, 0.15) is 10.9 Å². The van der Waals surface area contributed by atoms with E-state index in [0.29, 0.717) is 6.54 Å². The van der Waals surface area contributed by atoms with E-state index in [1.165, 1.54) is 0 Å². The van der Waals surface area contributed by atoms with Crippen molar-refractivity contribution in [1.29, 1.82) is 0 Å². The molecule has 1 rings (SSSR count). The maximum atomic E-state index is 5.87. The Kier molecular flexibility index (Phi) is 2.72. The SMILES string of the molecule is NC[C@H](Cl)c1ccccc1. The number of benzene rings is 1. The smallest absolute Gasteiger partial charge is 0.0707 e. The number of hydrogen-bond donors (Lipinski definition) is 1. The van der Waals surface area contributed by atoms with Crippen LogP contribution in [0.4, 0.5) is 0 Å². The summed E-state index contributed by atoms with van der Waals surface area (Å²) in [5, 5.41) is -0.0406. The molecule has 0 saturated carbocycles. The first-order valence-electron chi connectivity index (χ1n) is 3.23. The minimum Gasteiger partial charge on any atom is -0.329 e. The monoisotopic (exact) mass is 155 g/mol. The molecule has 0 aliphatic rings. The fourth-order valence-corrected chi connectivity index (χ4v) is 0.943. The zero-order valence-corrected chi connectivity index (χ0v) is 6.38. The summed E-state index contributed by atoms with van der Waals surface area (Å²) in [6.07, 6.45) is 0. The van der Waals surface area contributed by atoms with E-state index in [9.17, 15) is 0 Å². The highest BCUT2D eigenvalue weighted by Crippen LogP contribution is 2.17. The Bertz CT molecular complexity index is 186. The van der Waals surface area contributed by atoms with Crippen molar-refractivity contribution in [3.8, 4) is 0 Å². The molecule has 0 bridgehead atoms. The quantitative estimate of drug-likeness (QED) is 0.649. The molecule has 10 heavy (non-hydrogen) atoms. The molecule has 2 heteroatoms. The Hall–Kier alpha value is -0.530. The summed E-state index contributed by atoms with van der Waals surface area (Å²) in [6.45, 7) is 0.492. The van der Waals surface area contributed by atoms with E-state index in [1.807, 2.05) is 30.3 Å². The Morgan fingerprint density at radius 3 is 2.40 bits per heavy atom. The molecule has 1 atom stereocenters. The van der Waals surface area contributed by atoms with Gasteiger partial charge in [0.25, 0.3) is 0 Å². The van der Waals surface area contributed by atoms with Crippen LogP contribution >= 0.6 is 11.6 Å². The standard InChI is InChI=1S/C8H10ClN/c9-8(6-10)7-4-2-1-3-5-7/h1-5,8H,6,10H2/t8-/m0/s1. The van der Waals surface area contributed by atoms with Gasteiger partial charge in [0.2, 0.25) is 0 Å². The summed E-state index contributed by atoms with van der Waals surface area (Å²) in [5.74, 6) is 0. The summed E-state index contributed by atoms with van der Waals surface area (Å²) in [5.41, 5.74) is 6.46. The fraction of sp³-hybridized carbons (Fsp3) is 0.250. The third-order valence-electron chi connectivity index (χ3n) is 1.37. The summed E-state index contributed by atoms with van der Waals surface area (Å²) in [4.78, 5) is 0. The lowest BCUT2D eigenvalue weighted by atomic mass is 10.1. The normalized spacial score (nSPS) is 13.0. The van der Waals surface area contributed by atoms with E-state index >= 15 is 0 Å². The van der Waals surface area contributed by atoms with Crippen LogP contribution in [0.2, 0.25) is 0 Å². The Morgan fingerprint density at radius 1 is 1.30 bits per heavy atom. The van der Waals surface area contributed by atoms with E-state index in [1.54, 1.807) is 0 Å². The molecule has 0 spiro atoms. The Labute approximate surface area is 65.8 Å². The maximum absolute atomic E-state index is 5.87. The van der Waals surface area contributed by atoms with Crippen LogP contribution in [0.15, 0.2) is 30.3 Å². The molecule has 0 amide bonds. The second-order valence-corrected chi connectivity index (χ2v) is 2.64. The minimum absolute atomic E-state index is 0.0406. The van der Waals surface area contributed by atoms with Gasteiger partial charge in [0, 0.05) is 6.54 Å². The molecule has 0 radical (unpaired) electrons. The number of alkyl halides is 1. The molecule has 2 N–H and O–H groups in total. The number of rotatable bonds is 2. The van der Waals surface area contributed by atoms with Crippen molar-refractivity contribution in [2.45, 2.75) is 5.38 Å². The molecule has 0 aromatic heterocycles. The van der Waals surface area contributed by atoms with Gasteiger partial charge >= 0.3 is 0 Å². The Morgan fingerprint density at radius 2 is 1.90 bits per heavy atom. The molecular weight excluding hydrogens is 146 g/mol. The number of nitrogens with two attached hydrogens (primary N) is 1. The lowest BCUT2D eigenvalue weighted by Gasteiger charge is -2.04. The van der Waals surface area contributed by atoms with Crippen molar-refractivity contribution >= 4 is 11.6 Å². The van der Waals surface area contributed by atoms with Crippen molar-refractivity contribution in [3.63, 3.8) is 0 Å². The van der Waals surface area contributed by atoms with Crippen LogP contribution in [-0.4, -0.2) is 6.54 Å². The fourth-order valence-electron chi connectivity index (χ4n) is 0.798. The van der Waals surface area contributed by atoms with E-state index in [2.05, 4.69) is 0 Å². The summed E-state index contributed by atoms with van der Waals surface area (Å²) >= 11 is 5.87. The van der Waals surface area contributed by atoms with Crippen molar-refractivity contribution in [2.24, 2.45) is 5.73 Å². The molecule has 1 aromatic carbocycles. The maximum Gasteiger partial charge on any atom is 0.0707 e. The second-order valence-electron chi connectivity index (χ2n) is 2.11. The topological polar surface area (TPSA) is 26.0 Å². The number of hydrogen-bond acceptors (Lipinski definition) is 1. The average Bonchev–Trinajstić information content (AvgIpc) is 2.05. The minimum atomic E-state index is -0.0406.